The number of thiazole rings is 1. The Labute approximate surface area is 194 Å². The Bertz CT molecular complexity index is 1130. The molecule has 0 saturated carbocycles. The van der Waals surface area contributed by atoms with E-state index >= 15 is 0 Å². The van der Waals surface area contributed by atoms with Crippen molar-refractivity contribution in [2.45, 2.75) is 6.42 Å². The van der Waals surface area contributed by atoms with Crippen LogP contribution in [0.15, 0.2) is 48.7 Å². The summed E-state index contributed by atoms with van der Waals surface area (Å²) in [6.45, 7) is 3.08. The topological polar surface area (TPSA) is 91.6 Å². The van der Waals surface area contributed by atoms with Crippen LogP contribution >= 0.6 is 22.9 Å². The van der Waals surface area contributed by atoms with Gasteiger partial charge < -0.3 is 9.80 Å². The van der Waals surface area contributed by atoms with Gasteiger partial charge in [-0.25, -0.2) is 4.98 Å². The minimum atomic E-state index is -0.432. The van der Waals surface area contributed by atoms with E-state index in [9.17, 15) is 14.9 Å². The summed E-state index contributed by atoms with van der Waals surface area (Å²) in [6, 6.07) is 12.2. The van der Waals surface area contributed by atoms with E-state index in [0.717, 1.165) is 23.5 Å². The summed E-state index contributed by atoms with van der Waals surface area (Å²) in [7, 11) is 2.03. The number of carbonyl (C=O) groups excluding carboxylic acids is 1. The van der Waals surface area contributed by atoms with E-state index in [1.165, 1.54) is 17.4 Å². The molecule has 2 aromatic carbocycles. The zero-order valence-electron chi connectivity index (χ0n) is 17.5. The number of carbonyl (C=O) groups is 1. The second-order valence-electron chi connectivity index (χ2n) is 7.64. The normalized spacial score (nSPS) is 14.4. The second kappa shape index (κ2) is 9.64. The van der Waals surface area contributed by atoms with E-state index in [0.29, 0.717) is 35.4 Å². The van der Waals surface area contributed by atoms with Crippen LogP contribution in [0, 0.1) is 10.1 Å². The Morgan fingerprint density at radius 1 is 1.19 bits per heavy atom. The van der Waals surface area contributed by atoms with Crippen molar-refractivity contribution >= 4 is 45.4 Å². The lowest BCUT2D eigenvalue weighted by atomic mass is 10.1. The molecule has 0 unspecified atom stereocenters. The third-order valence-electron chi connectivity index (χ3n) is 5.34. The predicted octanol–water partition coefficient (Wildman–Crippen LogP) is 4.30. The van der Waals surface area contributed by atoms with Gasteiger partial charge in [0.1, 0.15) is 5.69 Å². The number of nitro groups is 1. The number of rotatable bonds is 6. The third-order valence-corrected chi connectivity index (χ3v) is 6.51. The highest BCUT2D eigenvalue weighted by molar-refractivity contribution is 7.15. The average molecular weight is 472 g/mol. The molecular formula is C22H22ClN5O3S. The van der Waals surface area contributed by atoms with Crippen LogP contribution in [0.1, 0.15) is 20.8 Å². The third kappa shape index (κ3) is 5.24. The van der Waals surface area contributed by atoms with E-state index in [1.807, 2.05) is 36.2 Å². The monoisotopic (exact) mass is 471 g/mol. The molecule has 0 bridgehead atoms. The number of halogens is 1. The summed E-state index contributed by atoms with van der Waals surface area (Å²) < 4.78 is 0. The fraction of sp³-hybridized carbons (Fsp3) is 0.273. The lowest BCUT2D eigenvalue weighted by molar-refractivity contribution is -0.384. The van der Waals surface area contributed by atoms with Crippen LogP contribution in [0.2, 0.25) is 5.02 Å². The van der Waals surface area contributed by atoms with Crippen molar-refractivity contribution in [1.82, 2.24) is 9.88 Å². The minimum Gasteiger partial charge on any atom is -0.363 e. The van der Waals surface area contributed by atoms with Gasteiger partial charge in [-0.1, -0.05) is 23.7 Å². The first kappa shape index (κ1) is 22.2. The summed E-state index contributed by atoms with van der Waals surface area (Å²) in [5.41, 5.74) is 1.79. The van der Waals surface area contributed by atoms with Crippen molar-refractivity contribution < 1.29 is 9.72 Å². The van der Waals surface area contributed by atoms with Gasteiger partial charge in [0.2, 0.25) is 0 Å². The molecular weight excluding hydrogens is 450 g/mol. The summed E-state index contributed by atoms with van der Waals surface area (Å²) in [5.74, 6) is -0.426. The number of hydrogen-bond acceptors (Lipinski definition) is 7. The second-order valence-corrected chi connectivity index (χ2v) is 9.19. The maximum Gasteiger partial charge on any atom is 0.293 e. The van der Waals surface area contributed by atoms with Crippen molar-refractivity contribution in [2.24, 2.45) is 0 Å². The van der Waals surface area contributed by atoms with E-state index in [1.54, 1.807) is 18.3 Å². The number of anilines is 2. The predicted molar refractivity (Wildman–Crippen MR) is 127 cm³/mol. The van der Waals surface area contributed by atoms with Gasteiger partial charge >= 0.3 is 0 Å². The molecule has 166 valence electrons. The van der Waals surface area contributed by atoms with E-state index in [2.05, 4.69) is 15.2 Å². The molecule has 10 heteroatoms. The smallest absolute Gasteiger partial charge is 0.293 e. The molecule has 1 fully saturated rings. The number of nitro benzene ring substituents is 1. The molecule has 32 heavy (non-hydrogen) atoms. The number of nitrogens with one attached hydrogen (secondary N) is 1. The highest BCUT2D eigenvalue weighted by Gasteiger charge is 2.24. The van der Waals surface area contributed by atoms with Crippen molar-refractivity contribution in [2.75, 3.05) is 43.4 Å². The zero-order valence-corrected chi connectivity index (χ0v) is 19.0. The largest absolute Gasteiger partial charge is 0.363 e. The molecule has 2 heterocycles. The van der Waals surface area contributed by atoms with Gasteiger partial charge in [-0.15, -0.1) is 11.3 Å². The maximum atomic E-state index is 12.7. The number of hydrogen-bond donors (Lipinski definition) is 1. The fourth-order valence-corrected chi connectivity index (χ4v) is 4.51. The van der Waals surface area contributed by atoms with Crippen LogP contribution in [-0.4, -0.2) is 53.9 Å². The molecule has 1 saturated heterocycles. The Morgan fingerprint density at radius 3 is 2.59 bits per heavy atom. The zero-order chi connectivity index (χ0) is 22.7. The summed E-state index contributed by atoms with van der Waals surface area (Å²) in [6.07, 6.45) is 2.39. The van der Waals surface area contributed by atoms with E-state index in [4.69, 9.17) is 11.6 Å². The highest BCUT2D eigenvalue weighted by Crippen LogP contribution is 2.30. The van der Waals surface area contributed by atoms with Crippen molar-refractivity contribution in [3.8, 4) is 0 Å². The molecule has 0 spiro atoms. The van der Waals surface area contributed by atoms with Crippen LogP contribution in [-0.2, 0) is 6.42 Å². The van der Waals surface area contributed by atoms with Crippen molar-refractivity contribution in [3.05, 3.63) is 79.8 Å². The Balaban J connectivity index is 1.46. The fourth-order valence-electron chi connectivity index (χ4n) is 3.55. The molecule has 8 nitrogen and oxygen atoms in total. The van der Waals surface area contributed by atoms with Crippen LogP contribution < -0.4 is 10.2 Å². The van der Waals surface area contributed by atoms with Crippen molar-refractivity contribution in [3.63, 3.8) is 0 Å². The lowest BCUT2D eigenvalue weighted by Gasteiger charge is -2.33. The first-order valence-corrected chi connectivity index (χ1v) is 11.3. The number of piperazine rings is 1. The van der Waals surface area contributed by atoms with Crippen LogP contribution in [0.25, 0.3) is 0 Å². The number of aromatic nitrogens is 1. The minimum absolute atomic E-state index is 0.0650. The molecule has 0 atom stereocenters. The molecule has 1 aliphatic heterocycles. The number of amides is 1. The van der Waals surface area contributed by atoms with Gasteiger partial charge in [0.25, 0.3) is 11.6 Å². The Hall–Kier alpha value is -3.01. The quantitative estimate of drug-likeness (QED) is 0.425. The van der Waals surface area contributed by atoms with Gasteiger partial charge in [0.15, 0.2) is 5.13 Å². The molecule has 1 aliphatic rings. The van der Waals surface area contributed by atoms with Crippen molar-refractivity contribution in [1.29, 1.82) is 0 Å². The van der Waals surface area contributed by atoms with E-state index < -0.39 is 10.8 Å². The lowest BCUT2D eigenvalue weighted by Crippen LogP contribution is -2.44. The Morgan fingerprint density at radius 2 is 1.91 bits per heavy atom. The molecule has 1 aromatic heterocycles. The first-order chi connectivity index (χ1) is 15.4. The standard InChI is InChI=1S/C22H22ClN5O3S/c1-26-8-10-27(11-9-26)19-7-4-16(13-20(19)28(30)31)21(29)25-22-24-14-18(32-22)12-15-2-5-17(23)6-3-15/h2-7,13-14H,8-12H2,1H3,(H,24,25,29). The SMILES string of the molecule is CN1CCN(c2ccc(C(=O)Nc3ncc(Cc4ccc(Cl)cc4)s3)cc2[N+](=O)[O-])CC1. The number of likely N-dealkylation sites (N-methyl/N-ethyl adjacent to an activating group) is 1. The molecule has 1 amide bonds. The summed E-state index contributed by atoms with van der Waals surface area (Å²) >= 11 is 7.29. The van der Waals surface area contributed by atoms with Crippen LogP contribution in [0.5, 0.6) is 0 Å². The van der Waals surface area contributed by atoms with Crippen LogP contribution in [0.3, 0.4) is 0 Å². The number of nitrogens with zero attached hydrogens (tertiary/aromatic N) is 4. The van der Waals surface area contributed by atoms with Gasteiger partial charge in [-0.3, -0.25) is 20.2 Å². The first-order valence-electron chi connectivity index (χ1n) is 10.1. The van der Waals surface area contributed by atoms with Crippen LogP contribution in [0.4, 0.5) is 16.5 Å². The highest BCUT2D eigenvalue weighted by atomic mass is 35.5. The van der Waals surface area contributed by atoms with Gasteiger partial charge in [-0.05, 0) is 36.9 Å². The molecule has 3 aromatic rings. The molecule has 0 aliphatic carbocycles. The molecule has 1 N–H and O–H groups in total. The molecule has 4 rings (SSSR count). The van der Waals surface area contributed by atoms with Gasteiger partial charge in [0, 0.05) is 60.3 Å². The maximum absolute atomic E-state index is 12.7. The van der Waals surface area contributed by atoms with Gasteiger partial charge in [0.05, 0.1) is 4.92 Å². The summed E-state index contributed by atoms with van der Waals surface area (Å²) in [4.78, 5) is 33.4. The number of benzene rings is 2. The summed E-state index contributed by atoms with van der Waals surface area (Å²) in [5, 5.41) is 15.6. The Kier molecular flexibility index (Phi) is 6.69. The van der Waals surface area contributed by atoms with E-state index in [-0.39, 0.29) is 11.3 Å². The molecule has 0 radical (unpaired) electrons. The van der Waals surface area contributed by atoms with Gasteiger partial charge in [-0.2, -0.15) is 0 Å². The average Bonchev–Trinajstić information content (AvgIpc) is 3.22.